The summed E-state index contributed by atoms with van der Waals surface area (Å²) in [6.45, 7) is 3.75. The maximum absolute atomic E-state index is 14.8. The zero-order valence-electron chi connectivity index (χ0n) is 19.6. The molecule has 6 nitrogen and oxygen atoms in total. The molecular weight excluding hydrogens is 462 g/mol. The lowest BCUT2D eigenvalue weighted by molar-refractivity contribution is 0.0697. The molecule has 0 saturated heterocycles. The summed E-state index contributed by atoms with van der Waals surface area (Å²) in [6, 6.07) is 16.3. The second-order valence-electron chi connectivity index (χ2n) is 9.44. The van der Waals surface area contributed by atoms with Crippen molar-refractivity contribution in [3.63, 3.8) is 0 Å². The summed E-state index contributed by atoms with van der Waals surface area (Å²) in [7, 11) is 0. The molecule has 2 heterocycles. The van der Waals surface area contributed by atoms with E-state index in [0.29, 0.717) is 0 Å². The van der Waals surface area contributed by atoms with Gasteiger partial charge in [0.2, 0.25) is 0 Å². The molecule has 0 fully saturated rings. The van der Waals surface area contributed by atoms with Crippen molar-refractivity contribution < 1.29 is 18.7 Å². The van der Waals surface area contributed by atoms with E-state index in [0.717, 1.165) is 38.6 Å². The van der Waals surface area contributed by atoms with Crippen molar-refractivity contribution >= 4 is 27.8 Å². The number of hydrogen-bond donors (Lipinski definition) is 2. The van der Waals surface area contributed by atoms with Crippen LogP contribution in [0.3, 0.4) is 0 Å². The van der Waals surface area contributed by atoms with Gasteiger partial charge < -0.3 is 9.67 Å². The number of aromatic amines is 1. The number of nitriles is 1. The van der Waals surface area contributed by atoms with E-state index in [1.54, 1.807) is 18.3 Å². The molecule has 2 N–H and O–H groups in total. The van der Waals surface area contributed by atoms with Crippen molar-refractivity contribution in [3.8, 4) is 17.2 Å². The average Bonchev–Trinajstić information content (AvgIpc) is 3.42. The fourth-order valence-corrected chi connectivity index (χ4v) is 4.85. The Balaban J connectivity index is 1.89. The first-order valence-corrected chi connectivity index (χ1v) is 11.3. The molecule has 5 aromatic rings. The molecule has 0 unspecified atom stereocenters. The third kappa shape index (κ3) is 3.79. The summed E-state index contributed by atoms with van der Waals surface area (Å²) in [4.78, 5) is 11.4. The van der Waals surface area contributed by atoms with Gasteiger partial charge in [-0.2, -0.15) is 10.4 Å². The first-order chi connectivity index (χ1) is 17.2. The van der Waals surface area contributed by atoms with Crippen LogP contribution >= 0.6 is 0 Å². The molecule has 0 saturated carbocycles. The fraction of sp³-hybridized carbons (Fsp3) is 0.179. The molecule has 0 aliphatic carbocycles. The molecule has 0 radical (unpaired) electrons. The van der Waals surface area contributed by atoms with Crippen LogP contribution in [0.2, 0.25) is 0 Å². The average molecular weight is 485 g/mol. The minimum atomic E-state index is -1.04. The monoisotopic (exact) mass is 484 g/mol. The number of carbonyl (C=O) groups is 1. The molecule has 0 atom stereocenters. The second-order valence-corrected chi connectivity index (χ2v) is 9.44. The van der Waals surface area contributed by atoms with Crippen LogP contribution in [0.4, 0.5) is 8.78 Å². The van der Waals surface area contributed by atoms with Crippen LogP contribution in [-0.2, 0) is 12.0 Å². The number of nitrogens with zero attached hydrogens (tertiary/aromatic N) is 3. The smallest absolute Gasteiger partial charge is 0.335 e. The quantitative estimate of drug-likeness (QED) is 0.292. The number of aromatic nitrogens is 3. The zero-order valence-corrected chi connectivity index (χ0v) is 19.6. The van der Waals surface area contributed by atoms with Crippen molar-refractivity contribution in [2.45, 2.75) is 32.2 Å². The standard InChI is InChI=1S/C28H22F2N4O2/c1-28(2,10-11-31)26-25(16-6-8-17(9-7-16)27(35)36)19-13-23-18(14-32-33-23)12-24(19)34(26)15-20-21(29)4-3-5-22(20)30/h3-9,12-14H,10,15H2,1-2H3,(H,32,33)(H,35,36). The van der Waals surface area contributed by atoms with Crippen molar-refractivity contribution in [2.75, 3.05) is 0 Å². The summed E-state index contributed by atoms with van der Waals surface area (Å²) >= 11 is 0. The number of rotatable bonds is 6. The first kappa shape index (κ1) is 23.2. The van der Waals surface area contributed by atoms with Gasteiger partial charge in [0.1, 0.15) is 11.6 Å². The molecule has 180 valence electrons. The van der Waals surface area contributed by atoms with Crippen molar-refractivity contribution in [1.29, 1.82) is 5.26 Å². The molecule has 0 spiro atoms. The van der Waals surface area contributed by atoms with E-state index in [-0.39, 0.29) is 24.1 Å². The molecule has 0 aliphatic rings. The predicted molar refractivity (Wildman–Crippen MR) is 133 cm³/mol. The van der Waals surface area contributed by atoms with Gasteiger partial charge in [-0.15, -0.1) is 0 Å². The Morgan fingerprint density at radius 2 is 1.83 bits per heavy atom. The highest BCUT2D eigenvalue weighted by Gasteiger charge is 2.32. The number of H-pyrrole nitrogens is 1. The normalized spacial score (nSPS) is 11.8. The lowest BCUT2D eigenvalue weighted by Crippen LogP contribution is -2.23. The number of hydrogen-bond acceptors (Lipinski definition) is 3. The van der Waals surface area contributed by atoms with Gasteiger partial charge in [0.15, 0.2) is 0 Å². The summed E-state index contributed by atoms with van der Waals surface area (Å²) in [5, 5.41) is 27.7. The van der Waals surface area contributed by atoms with Gasteiger partial charge >= 0.3 is 5.97 Å². The van der Waals surface area contributed by atoms with Crippen LogP contribution in [-0.4, -0.2) is 25.8 Å². The molecule has 3 aromatic carbocycles. The maximum atomic E-state index is 14.8. The van der Waals surface area contributed by atoms with Crippen LogP contribution in [0.15, 0.2) is 60.8 Å². The molecular formula is C28H22F2N4O2. The summed E-state index contributed by atoms with van der Waals surface area (Å²) in [5.74, 6) is -2.35. The van der Waals surface area contributed by atoms with E-state index in [1.165, 1.54) is 30.3 Å². The summed E-state index contributed by atoms with van der Waals surface area (Å²) in [5.41, 5.74) is 3.10. The maximum Gasteiger partial charge on any atom is 0.335 e. The SMILES string of the molecule is CC(C)(CC#N)c1c(-c2ccc(C(=O)O)cc2)c2cc3[nH]ncc3cc2n1Cc1c(F)cccc1F. The van der Waals surface area contributed by atoms with E-state index >= 15 is 0 Å². The van der Waals surface area contributed by atoms with Crippen LogP contribution in [0.25, 0.3) is 32.9 Å². The minimum absolute atomic E-state index is 0.0801. The van der Waals surface area contributed by atoms with Gasteiger partial charge in [0.05, 0.1) is 35.4 Å². The van der Waals surface area contributed by atoms with Gasteiger partial charge in [-0.25, -0.2) is 13.6 Å². The highest BCUT2D eigenvalue weighted by Crippen LogP contribution is 2.44. The van der Waals surface area contributed by atoms with E-state index in [9.17, 15) is 23.9 Å². The largest absolute Gasteiger partial charge is 0.478 e. The fourth-order valence-electron chi connectivity index (χ4n) is 4.85. The van der Waals surface area contributed by atoms with Gasteiger partial charge in [0, 0.05) is 39.4 Å². The number of aromatic carboxylic acids is 1. The first-order valence-electron chi connectivity index (χ1n) is 11.3. The Hall–Kier alpha value is -4.51. The number of benzene rings is 3. The van der Waals surface area contributed by atoms with Gasteiger partial charge in [-0.1, -0.05) is 32.0 Å². The molecule has 36 heavy (non-hydrogen) atoms. The van der Waals surface area contributed by atoms with Crippen molar-refractivity contribution in [2.24, 2.45) is 0 Å². The molecule has 0 amide bonds. The van der Waals surface area contributed by atoms with Crippen LogP contribution < -0.4 is 0 Å². The highest BCUT2D eigenvalue weighted by atomic mass is 19.1. The van der Waals surface area contributed by atoms with Gasteiger partial charge in [-0.05, 0) is 42.0 Å². The van der Waals surface area contributed by atoms with E-state index in [2.05, 4.69) is 16.3 Å². The van der Waals surface area contributed by atoms with Crippen molar-refractivity contribution in [3.05, 3.63) is 89.2 Å². The molecule has 8 heteroatoms. The minimum Gasteiger partial charge on any atom is -0.478 e. The lowest BCUT2D eigenvalue weighted by atomic mass is 9.81. The van der Waals surface area contributed by atoms with E-state index in [1.807, 2.05) is 30.5 Å². The van der Waals surface area contributed by atoms with Crippen molar-refractivity contribution in [1.82, 2.24) is 14.8 Å². The Morgan fingerprint density at radius 1 is 1.14 bits per heavy atom. The Kier molecular flexibility index (Phi) is 5.56. The molecule has 0 aliphatic heterocycles. The Bertz CT molecular complexity index is 1650. The van der Waals surface area contributed by atoms with Crippen LogP contribution in [0.1, 0.15) is 41.9 Å². The Labute approximate surface area is 205 Å². The van der Waals surface area contributed by atoms with E-state index in [4.69, 9.17) is 0 Å². The van der Waals surface area contributed by atoms with Crippen LogP contribution in [0, 0.1) is 23.0 Å². The van der Waals surface area contributed by atoms with Crippen LogP contribution in [0.5, 0.6) is 0 Å². The number of carboxylic acid groups (broad SMARTS) is 1. The summed E-state index contributed by atoms with van der Waals surface area (Å²) < 4.78 is 31.4. The zero-order chi connectivity index (χ0) is 25.6. The highest BCUT2D eigenvalue weighted by molar-refractivity contribution is 6.05. The second kappa shape index (κ2) is 8.61. The molecule has 2 aromatic heterocycles. The predicted octanol–water partition coefficient (Wildman–Crippen LogP) is 6.40. The third-order valence-electron chi connectivity index (χ3n) is 6.58. The topological polar surface area (TPSA) is 94.7 Å². The third-order valence-corrected chi connectivity index (χ3v) is 6.58. The summed E-state index contributed by atoms with van der Waals surface area (Å²) in [6.07, 6.45) is 1.83. The number of carboxylic acids is 1. The molecule has 5 rings (SSSR count). The number of halogens is 2. The van der Waals surface area contributed by atoms with E-state index < -0.39 is 23.0 Å². The Morgan fingerprint density at radius 3 is 2.47 bits per heavy atom. The van der Waals surface area contributed by atoms with Gasteiger partial charge in [0.25, 0.3) is 0 Å². The molecule has 0 bridgehead atoms. The lowest BCUT2D eigenvalue weighted by Gasteiger charge is -2.27. The van der Waals surface area contributed by atoms with Gasteiger partial charge in [-0.3, -0.25) is 5.10 Å². The number of fused-ring (bicyclic) bond motifs is 2. The number of nitrogens with one attached hydrogen (secondary N) is 1.